The lowest BCUT2D eigenvalue weighted by molar-refractivity contribution is -0.307. The zero-order chi connectivity index (χ0) is 11.4. The molecule has 0 bridgehead atoms. The van der Waals surface area contributed by atoms with Crippen molar-refractivity contribution in [3.63, 3.8) is 0 Å². The van der Waals surface area contributed by atoms with Crippen LogP contribution in [0.2, 0.25) is 5.02 Å². The summed E-state index contributed by atoms with van der Waals surface area (Å²) in [5.74, 6) is -1.79. The highest BCUT2D eigenvalue weighted by molar-refractivity contribution is 6.30. The van der Waals surface area contributed by atoms with E-state index in [0.29, 0.717) is 10.6 Å². The summed E-state index contributed by atoms with van der Waals surface area (Å²) in [7, 11) is 0. The van der Waals surface area contributed by atoms with Crippen molar-refractivity contribution in [3.8, 4) is 0 Å². The monoisotopic (exact) mass is 226 g/mol. The lowest BCUT2D eigenvalue weighted by atomic mass is 10.2. The first kappa shape index (κ1) is 11.5. The first-order chi connectivity index (χ1) is 7.00. The molecule has 1 N–H and O–H groups in total. The van der Waals surface area contributed by atoms with Crippen molar-refractivity contribution in [2.75, 3.05) is 0 Å². The number of halogens is 1. The summed E-state index contributed by atoms with van der Waals surface area (Å²) in [5.41, 5.74) is 0.354. The van der Waals surface area contributed by atoms with Gasteiger partial charge in [0.05, 0.1) is 12.0 Å². The fraction of sp³-hybridized carbons (Fsp3) is 0.200. The SMILES string of the molecule is C[C@H](NC(=O)c1ccc(Cl)cc1)C(=O)[O-]. The molecule has 1 atom stereocenters. The molecule has 1 rings (SSSR count). The van der Waals surface area contributed by atoms with E-state index >= 15 is 0 Å². The van der Waals surface area contributed by atoms with Crippen LogP contribution >= 0.6 is 11.6 Å². The molecule has 15 heavy (non-hydrogen) atoms. The van der Waals surface area contributed by atoms with Crippen LogP contribution in [-0.4, -0.2) is 17.9 Å². The Kier molecular flexibility index (Phi) is 3.68. The van der Waals surface area contributed by atoms with Gasteiger partial charge in [0.1, 0.15) is 0 Å². The van der Waals surface area contributed by atoms with E-state index in [2.05, 4.69) is 5.32 Å². The van der Waals surface area contributed by atoms with Gasteiger partial charge in [0.25, 0.3) is 5.91 Å². The zero-order valence-corrected chi connectivity index (χ0v) is 8.75. The van der Waals surface area contributed by atoms with E-state index in [4.69, 9.17) is 11.6 Å². The van der Waals surface area contributed by atoms with Gasteiger partial charge in [0.15, 0.2) is 0 Å². The van der Waals surface area contributed by atoms with Crippen molar-refractivity contribution < 1.29 is 14.7 Å². The molecule has 0 saturated heterocycles. The Morgan fingerprint density at radius 1 is 1.33 bits per heavy atom. The summed E-state index contributed by atoms with van der Waals surface area (Å²) < 4.78 is 0. The van der Waals surface area contributed by atoms with E-state index in [0.717, 1.165) is 0 Å². The van der Waals surface area contributed by atoms with Crippen molar-refractivity contribution in [1.29, 1.82) is 0 Å². The normalized spacial score (nSPS) is 11.9. The fourth-order valence-electron chi connectivity index (χ4n) is 0.940. The Morgan fingerprint density at radius 2 is 1.87 bits per heavy atom. The number of hydrogen-bond acceptors (Lipinski definition) is 3. The molecule has 0 aliphatic rings. The van der Waals surface area contributed by atoms with Crippen LogP contribution in [0.25, 0.3) is 0 Å². The van der Waals surface area contributed by atoms with Gasteiger partial charge in [-0.25, -0.2) is 0 Å². The first-order valence-corrected chi connectivity index (χ1v) is 4.66. The number of amides is 1. The van der Waals surface area contributed by atoms with Gasteiger partial charge in [0.2, 0.25) is 0 Å². The Balaban J connectivity index is 2.69. The van der Waals surface area contributed by atoms with E-state index in [9.17, 15) is 14.7 Å². The Hall–Kier alpha value is -1.55. The molecule has 1 amide bonds. The van der Waals surface area contributed by atoms with Crippen LogP contribution in [-0.2, 0) is 4.79 Å². The first-order valence-electron chi connectivity index (χ1n) is 4.28. The number of aliphatic carboxylic acids is 1. The van der Waals surface area contributed by atoms with Crippen molar-refractivity contribution >= 4 is 23.5 Å². The van der Waals surface area contributed by atoms with Crippen LogP contribution in [0, 0.1) is 0 Å². The van der Waals surface area contributed by atoms with Gasteiger partial charge in [-0.05, 0) is 31.2 Å². The van der Waals surface area contributed by atoms with E-state index < -0.39 is 17.9 Å². The number of nitrogens with one attached hydrogen (secondary N) is 1. The molecule has 0 aliphatic heterocycles. The largest absolute Gasteiger partial charge is 0.548 e. The molecule has 1 aromatic rings. The van der Waals surface area contributed by atoms with Crippen molar-refractivity contribution in [2.45, 2.75) is 13.0 Å². The predicted octanol–water partition coefficient (Wildman–Crippen LogP) is 0.208. The van der Waals surface area contributed by atoms with Gasteiger partial charge in [-0.2, -0.15) is 0 Å². The van der Waals surface area contributed by atoms with Gasteiger partial charge in [-0.15, -0.1) is 0 Å². The minimum atomic E-state index is -1.32. The molecule has 5 heteroatoms. The molecule has 0 spiro atoms. The molecule has 80 valence electrons. The summed E-state index contributed by atoms with van der Waals surface area (Å²) in [6, 6.07) is 5.12. The predicted molar refractivity (Wildman–Crippen MR) is 53.4 cm³/mol. The number of benzene rings is 1. The van der Waals surface area contributed by atoms with Crippen LogP contribution in [0.4, 0.5) is 0 Å². The highest BCUT2D eigenvalue weighted by atomic mass is 35.5. The Bertz CT molecular complexity index is 375. The highest BCUT2D eigenvalue weighted by Crippen LogP contribution is 2.09. The van der Waals surface area contributed by atoms with Gasteiger partial charge >= 0.3 is 0 Å². The summed E-state index contributed by atoms with van der Waals surface area (Å²) in [4.78, 5) is 21.8. The number of carbonyl (C=O) groups excluding carboxylic acids is 2. The average Bonchev–Trinajstić information content (AvgIpc) is 2.18. The highest BCUT2D eigenvalue weighted by Gasteiger charge is 2.09. The third-order valence-electron chi connectivity index (χ3n) is 1.81. The maximum Gasteiger partial charge on any atom is 0.251 e. The molecule has 0 heterocycles. The lowest BCUT2D eigenvalue weighted by Gasteiger charge is -2.14. The number of carboxylic acid groups (broad SMARTS) is 1. The standard InChI is InChI=1S/C10H10ClNO3/c1-6(10(14)15)12-9(13)7-2-4-8(11)5-3-7/h2-6H,1H3,(H,12,13)(H,14,15)/p-1/t6-/m0/s1. The van der Waals surface area contributed by atoms with E-state index in [-0.39, 0.29) is 0 Å². The molecule has 0 unspecified atom stereocenters. The van der Waals surface area contributed by atoms with Crippen molar-refractivity contribution in [2.24, 2.45) is 0 Å². The summed E-state index contributed by atoms with van der Waals surface area (Å²) in [6.45, 7) is 1.34. The van der Waals surface area contributed by atoms with Crippen LogP contribution in [0.15, 0.2) is 24.3 Å². The summed E-state index contributed by atoms with van der Waals surface area (Å²) in [5, 5.41) is 13.2. The second-order valence-corrected chi connectivity index (χ2v) is 3.46. The third kappa shape index (κ3) is 3.25. The van der Waals surface area contributed by atoms with Crippen LogP contribution in [0.1, 0.15) is 17.3 Å². The topological polar surface area (TPSA) is 69.2 Å². The second kappa shape index (κ2) is 4.79. The van der Waals surface area contributed by atoms with Gasteiger partial charge < -0.3 is 15.2 Å². The van der Waals surface area contributed by atoms with Gasteiger partial charge in [-0.3, -0.25) is 4.79 Å². The van der Waals surface area contributed by atoms with E-state index in [1.807, 2.05) is 0 Å². The van der Waals surface area contributed by atoms with Crippen LogP contribution in [0.5, 0.6) is 0 Å². The maximum absolute atomic E-state index is 11.4. The van der Waals surface area contributed by atoms with Crippen molar-refractivity contribution in [1.82, 2.24) is 5.32 Å². The quantitative estimate of drug-likeness (QED) is 0.801. The smallest absolute Gasteiger partial charge is 0.251 e. The zero-order valence-electron chi connectivity index (χ0n) is 7.99. The number of carboxylic acids is 1. The van der Waals surface area contributed by atoms with Crippen LogP contribution in [0.3, 0.4) is 0 Å². The fourth-order valence-corrected chi connectivity index (χ4v) is 1.07. The Morgan fingerprint density at radius 3 is 2.33 bits per heavy atom. The number of rotatable bonds is 3. The molecule has 0 aromatic heterocycles. The third-order valence-corrected chi connectivity index (χ3v) is 2.06. The molecular weight excluding hydrogens is 218 g/mol. The van der Waals surface area contributed by atoms with E-state index in [1.165, 1.54) is 19.1 Å². The van der Waals surface area contributed by atoms with E-state index in [1.54, 1.807) is 12.1 Å². The van der Waals surface area contributed by atoms with Crippen LogP contribution < -0.4 is 10.4 Å². The lowest BCUT2D eigenvalue weighted by Crippen LogP contribution is -2.45. The number of carbonyl (C=O) groups is 2. The van der Waals surface area contributed by atoms with Gasteiger partial charge in [0, 0.05) is 10.6 Å². The number of hydrogen-bond donors (Lipinski definition) is 1. The molecule has 0 saturated carbocycles. The van der Waals surface area contributed by atoms with Crippen molar-refractivity contribution in [3.05, 3.63) is 34.9 Å². The molecule has 0 radical (unpaired) electrons. The molecule has 1 aromatic carbocycles. The minimum Gasteiger partial charge on any atom is -0.548 e. The maximum atomic E-state index is 11.4. The minimum absolute atomic E-state index is 0.354. The molecule has 0 aliphatic carbocycles. The van der Waals surface area contributed by atoms with Gasteiger partial charge in [-0.1, -0.05) is 11.6 Å². The molecule has 4 nitrogen and oxygen atoms in total. The summed E-state index contributed by atoms with van der Waals surface area (Å²) >= 11 is 5.64. The second-order valence-electron chi connectivity index (χ2n) is 3.02. The average molecular weight is 227 g/mol. The molecule has 0 fully saturated rings. The molecular formula is C10H9ClNO3-. The Labute approximate surface area is 91.9 Å². The summed E-state index contributed by atoms with van der Waals surface area (Å²) in [6.07, 6.45) is 0.